The maximum Gasteiger partial charge on any atom is 0.273 e. The summed E-state index contributed by atoms with van der Waals surface area (Å²) in [4.78, 5) is 30.1. The van der Waals surface area contributed by atoms with E-state index in [0.29, 0.717) is 11.3 Å². The van der Waals surface area contributed by atoms with Crippen molar-refractivity contribution in [3.05, 3.63) is 48.4 Å². The number of alkyl halides is 2. The van der Waals surface area contributed by atoms with Gasteiger partial charge in [-0.1, -0.05) is 0 Å². The van der Waals surface area contributed by atoms with Crippen molar-refractivity contribution in [1.82, 2.24) is 35.0 Å². The second-order valence-corrected chi connectivity index (χ2v) is 7.89. The van der Waals surface area contributed by atoms with E-state index in [0.717, 1.165) is 11.3 Å². The fourth-order valence-electron chi connectivity index (χ4n) is 3.79. The number of amides is 1. The second-order valence-electron chi connectivity index (χ2n) is 7.89. The van der Waals surface area contributed by atoms with E-state index in [1.165, 1.54) is 12.5 Å². The summed E-state index contributed by atoms with van der Waals surface area (Å²) in [6.07, 6.45) is 6.06. The van der Waals surface area contributed by atoms with Crippen molar-refractivity contribution < 1.29 is 18.0 Å². The van der Waals surface area contributed by atoms with E-state index in [4.69, 9.17) is 10.2 Å². The van der Waals surface area contributed by atoms with Crippen LogP contribution in [0, 0.1) is 6.92 Å². The number of nitrogen functional groups attached to an aromatic ring is 1. The molecule has 1 aliphatic rings. The number of nitrogens with zero attached hydrogens (tertiary/aromatic N) is 5. The Bertz CT molecular complexity index is 1340. The average Bonchev–Trinajstić information content (AvgIpc) is 3.52. The minimum Gasteiger partial charge on any atom is -0.443 e. The summed E-state index contributed by atoms with van der Waals surface area (Å²) < 4.78 is 34.1. The zero-order valence-electron chi connectivity index (χ0n) is 17.5. The molecule has 4 aromatic heterocycles. The van der Waals surface area contributed by atoms with Crippen LogP contribution in [0.1, 0.15) is 22.6 Å². The van der Waals surface area contributed by atoms with Gasteiger partial charge in [-0.25, -0.2) is 28.7 Å². The van der Waals surface area contributed by atoms with E-state index < -0.39 is 24.4 Å². The number of nitrogens with two attached hydrogens (primary N) is 1. The fraction of sp³-hybridized carbons (Fsp3) is 0.286. The number of halogens is 2. The highest BCUT2D eigenvalue weighted by Crippen LogP contribution is 2.30. The van der Waals surface area contributed by atoms with Gasteiger partial charge >= 0.3 is 0 Å². The van der Waals surface area contributed by atoms with Gasteiger partial charge in [-0.05, 0) is 19.1 Å². The van der Waals surface area contributed by atoms with Crippen LogP contribution in [0.25, 0.3) is 28.5 Å². The quantitative estimate of drug-likeness (QED) is 0.417. The molecule has 4 N–H and O–H groups in total. The first kappa shape index (κ1) is 20.9. The average molecular weight is 454 g/mol. The Hall–Kier alpha value is -3.93. The highest BCUT2D eigenvalue weighted by Gasteiger charge is 2.39. The molecular weight excluding hydrogens is 434 g/mol. The van der Waals surface area contributed by atoms with Gasteiger partial charge in [-0.15, -0.1) is 0 Å². The van der Waals surface area contributed by atoms with E-state index in [9.17, 15) is 13.6 Å². The van der Waals surface area contributed by atoms with E-state index in [2.05, 4.69) is 30.6 Å². The summed E-state index contributed by atoms with van der Waals surface area (Å²) >= 11 is 0. The lowest BCUT2D eigenvalue weighted by Crippen LogP contribution is -2.37. The lowest BCUT2D eigenvalue weighted by atomic mass is 10.1. The summed E-state index contributed by atoms with van der Waals surface area (Å²) in [5, 5.41) is 5.31. The zero-order chi connectivity index (χ0) is 23.2. The summed E-state index contributed by atoms with van der Waals surface area (Å²) in [5.74, 6) is -3.34. The molecule has 5 heterocycles. The minimum absolute atomic E-state index is 0.00651. The molecule has 1 fully saturated rings. The van der Waals surface area contributed by atoms with Crippen molar-refractivity contribution >= 4 is 17.4 Å². The van der Waals surface area contributed by atoms with Gasteiger partial charge in [0.15, 0.2) is 17.2 Å². The summed E-state index contributed by atoms with van der Waals surface area (Å²) in [6, 6.07) is 3.06. The molecule has 0 aromatic carbocycles. The number of carbonyl (C=O) groups excluding carboxylic acids is 1. The van der Waals surface area contributed by atoms with Crippen molar-refractivity contribution in [2.45, 2.75) is 25.3 Å². The maximum absolute atomic E-state index is 13.4. The fourth-order valence-corrected chi connectivity index (χ4v) is 3.79. The highest BCUT2D eigenvalue weighted by molar-refractivity contribution is 5.97. The number of fused-ring (bicyclic) bond motifs is 1. The molecule has 12 heteroatoms. The smallest absolute Gasteiger partial charge is 0.273 e. The van der Waals surface area contributed by atoms with Crippen molar-refractivity contribution in [3.8, 4) is 22.8 Å². The Morgan fingerprint density at radius 1 is 1.33 bits per heavy atom. The second kappa shape index (κ2) is 7.89. The third-order valence-corrected chi connectivity index (χ3v) is 5.44. The van der Waals surface area contributed by atoms with E-state index >= 15 is 0 Å². The lowest BCUT2D eigenvalue weighted by Gasteiger charge is -2.14. The van der Waals surface area contributed by atoms with E-state index in [1.807, 2.05) is 23.6 Å². The molecule has 0 aliphatic carbocycles. The number of pyridine rings is 1. The SMILES string of the molecule is Cc1cnc2ccc(-c3nc(C(=O)NC[C@H]4CC(F)(F)CN4)c(N)nc3-c3ncco3)cn12. The van der Waals surface area contributed by atoms with Gasteiger partial charge in [0.25, 0.3) is 11.8 Å². The van der Waals surface area contributed by atoms with Crippen LogP contribution in [0.15, 0.2) is 41.4 Å². The first-order chi connectivity index (χ1) is 15.8. The molecule has 0 radical (unpaired) electrons. The third-order valence-electron chi connectivity index (χ3n) is 5.44. The number of aryl methyl sites for hydroxylation is 1. The number of hydrogen-bond donors (Lipinski definition) is 3. The Morgan fingerprint density at radius 3 is 2.91 bits per heavy atom. The van der Waals surface area contributed by atoms with Gasteiger partial charge in [0.05, 0.1) is 12.7 Å². The highest BCUT2D eigenvalue weighted by atomic mass is 19.3. The topological polar surface area (TPSA) is 136 Å². The van der Waals surface area contributed by atoms with Gasteiger partial charge in [-0.2, -0.15) is 0 Å². The van der Waals surface area contributed by atoms with Crippen molar-refractivity contribution in [3.63, 3.8) is 0 Å². The van der Waals surface area contributed by atoms with Gasteiger partial charge in [0.1, 0.15) is 17.6 Å². The van der Waals surface area contributed by atoms with Crippen molar-refractivity contribution in [1.29, 1.82) is 0 Å². The molecule has 1 amide bonds. The molecule has 0 bridgehead atoms. The van der Waals surface area contributed by atoms with Gasteiger partial charge in [-0.3, -0.25) is 4.79 Å². The zero-order valence-corrected chi connectivity index (χ0v) is 17.5. The molecule has 10 nitrogen and oxygen atoms in total. The van der Waals surface area contributed by atoms with Crippen LogP contribution in [0.5, 0.6) is 0 Å². The molecule has 1 atom stereocenters. The Labute approximate surface area is 186 Å². The summed E-state index contributed by atoms with van der Waals surface area (Å²) in [5.41, 5.74) is 8.82. The molecule has 0 spiro atoms. The van der Waals surface area contributed by atoms with Crippen LogP contribution in [-0.2, 0) is 0 Å². The van der Waals surface area contributed by atoms with Crippen LogP contribution in [0.3, 0.4) is 0 Å². The normalized spacial score (nSPS) is 17.5. The summed E-state index contributed by atoms with van der Waals surface area (Å²) in [7, 11) is 0. The molecule has 170 valence electrons. The largest absolute Gasteiger partial charge is 0.443 e. The minimum atomic E-state index is -2.79. The molecule has 33 heavy (non-hydrogen) atoms. The predicted octanol–water partition coefficient (Wildman–Crippen LogP) is 2.06. The number of anilines is 1. The molecule has 1 aliphatic heterocycles. The Kier molecular flexibility index (Phi) is 5.01. The van der Waals surface area contributed by atoms with Crippen LogP contribution in [-0.4, -0.2) is 55.3 Å². The lowest BCUT2D eigenvalue weighted by molar-refractivity contribution is 0.0210. The monoisotopic (exact) mass is 454 g/mol. The molecule has 1 saturated heterocycles. The van der Waals surface area contributed by atoms with Crippen LogP contribution in [0.2, 0.25) is 0 Å². The van der Waals surface area contributed by atoms with Crippen molar-refractivity contribution in [2.75, 3.05) is 18.8 Å². The van der Waals surface area contributed by atoms with E-state index in [1.54, 1.807) is 12.3 Å². The number of oxazole rings is 1. The third kappa shape index (κ3) is 4.00. The standard InChI is InChI=1S/C21H20F2N8O2/c1-11-7-26-14-3-2-12(9-31(11)14)15-16(20-25-4-5-33-20)30-18(24)17(29-15)19(32)27-8-13-6-21(22,23)10-28-13/h2-5,7,9,13,28H,6,8,10H2,1H3,(H2,24,30)(H,27,32)/t13-/m1/s1. The predicted molar refractivity (Wildman–Crippen MR) is 115 cm³/mol. The van der Waals surface area contributed by atoms with E-state index in [-0.39, 0.29) is 36.1 Å². The Morgan fingerprint density at radius 2 is 2.18 bits per heavy atom. The number of carbonyl (C=O) groups is 1. The number of hydrogen-bond acceptors (Lipinski definition) is 8. The first-order valence-electron chi connectivity index (χ1n) is 10.2. The molecule has 4 aromatic rings. The molecule has 0 unspecified atom stereocenters. The van der Waals surface area contributed by atoms with Crippen LogP contribution < -0.4 is 16.4 Å². The maximum atomic E-state index is 13.4. The Balaban J connectivity index is 1.51. The molecule has 5 rings (SSSR count). The molecule has 0 saturated carbocycles. The number of nitrogens with one attached hydrogen (secondary N) is 2. The first-order valence-corrected chi connectivity index (χ1v) is 10.2. The van der Waals surface area contributed by atoms with Crippen LogP contribution >= 0.6 is 0 Å². The van der Waals surface area contributed by atoms with Gasteiger partial charge in [0.2, 0.25) is 5.89 Å². The van der Waals surface area contributed by atoms with Crippen molar-refractivity contribution in [2.24, 2.45) is 0 Å². The number of imidazole rings is 1. The van der Waals surface area contributed by atoms with Crippen LogP contribution in [0.4, 0.5) is 14.6 Å². The summed E-state index contributed by atoms with van der Waals surface area (Å²) in [6.45, 7) is 1.50. The number of aromatic nitrogens is 5. The molecular formula is C21H20F2N8O2. The number of rotatable bonds is 5. The van der Waals surface area contributed by atoms with Gasteiger partial charge < -0.3 is 25.2 Å². The van der Waals surface area contributed by atoms with Gasteiger partial charge in [0, 0.05) is 42.7 Å².